The second-order valence-electron chi connectivity index (χ2n) is 5.60. The molecular weight excluding hydrogens is 238 g/mol. The number of aryl methyl sites for hydroxylation is 1. The van der Waals surface area contributed by atoms with Gasteiger partial charge in [-0.25, -0.2) is 18.1 Å². The highest BCUT2D eigenvalue weighted by atomic mass is 32.2. The fourth-order valence-electron chi connectivity index (χ4n) is 2.34. The molecule has 17 heavy (non-hydrogen) atoms. The van der Waals surface area contributed by atoms with Crippen LogP contribution in [0, 0.1) is 5.41 Å². The first-order valence-electron chi connectivity index (χ1n) is 5.79. The first-order valence-corrected chi connectivity index (χ1v) is 7.27. The molecule has 5 nitrogen and oxygen atoms in total. The predicted molar refractivity (Wildman–Crippen MR) is 64.9 cm³/mol. The van der Waals surface area contributed by atoms with E-state index in [1.807, 2.05) is 0 Å². The van der Waals surface area contributed by atoms with Crippen molar-refractivity contribution in [2.45, 2.75) is 44.2 Å². The zero-order valence-electron chi connectivity index (χ0n) is 10.5. The van der Waals surface area contributed by atoms with Gasteiger partial charge in [0.25, 0.3) is 10.0 Å². The second-order valence-corrected chi connectivity index (χ2v) is 7.26. The fourth-order valence-corrected chi connectivity index (χ4v) is 3.60. The van der Waals surface area contributed by atoms with Gasteiger partial charge in [-0.05, 0) is 24.7 Å². The van der Waals surface area contributed by atoms with Crippen LogP contribution in [0.3, 0.4) is 0 Å². The lowest BCUT2D eigenvalue weighted by molar-refractivity contribution is 0.372. The molecule has 1 aliphatic rings. The van der Waals surface area contributed by atoms with Crippen LogP contribution >= 0.6 is 0 Å². The van der Waals surface area contributed by atoms with Crippen molar-refractivity contribution in [1.82, 2.24) is 14.3 Å². The summed E-state index contributed by atoms with van der Waals surface area (Å²) in [7, 11) is -1.70. The predicted octanol–water partition coefficient (Wildman–Crippen LogP) is 1.28. The third-order valence-corrected chi connectivity index (χ3v) is 4.65. The molecule has 1 saturated carbocycles. The first-order chi connectivity index (χ1) is 7.78. The van der Waals surface area contributed by atoms with E-state index in [4.69, 9.17) is 0 Å². The van der Waals surface area contributed by atoms with Gasteiger partial charge in [0, 0.05) is 19.3 Å². The smallest absolute Gasteiger partial charge is 0.259 e. The van der Waals surface area contributed by atoms with Gasteiger partial charge in [-0.2, -0.15) is 0 Å². The average Bonchev–Trinajstić information content (AvgIpc) is 2.72. The summed E-state index contributed by atoms with van der Waals surface area (Å²) in [6.07, 6.45) is 5.86. The molecule has 0 aromatic carbocycles. The quantitative estimate of drug-likeness (QED) is 0.887. The van der Waals surface area contributed by atoms with Gasteiger partial charge < -0.3 is 4.57 Å². The van der Waals surface area contributed by atoms with Crippen molar-refractivity contribution in [1.29, 1.82) is 0 Å². The summed E-state index contributed by atoms with van der Waals surface area (Å²) >= 11 is 0. The Bertz CT molecular complexity index is 505. The van der Waals surface area contributed by atoms with Crippen molar-refractivity contribution in [3.8, 4) is 0 Å². The van der Waals surface area contributed by atoms with E-state index in [9.17, 15) is 8.42 Å². The average molecular weight is 257 g/mol. The Morgan fingerprint density at radius 3 is 2.71 bits per heavy atom. The Morgan fingerprint density at radius 2 is 2.24 bits per heavy atom. The molecular formula is C11H19N3O2S. The van der Waals surface area contributed by atoms with Gasteiger partial charge >= 0.3 is 0 Å². The molecule has 1 aliphatic carbocycles. The van der Waals surface area contributed by atoms with E-state index in [1.165, 1.54) is 12.5 Å². The SMILES string of the molecule is Cn1cnc(S(=O)(=O)NC2CCC(C)(C)C2)c1. The highest BCUT2D eigenvalue weighted by Gasteiger charge is 2.33. The molecule has 1 heterocycles. The Labute approximate surface area is 102 Å². The third kappa shape index (κ3) is 2.87. The molecule has 0 aliphatic heterocycles. The molecule has 1 N–H and O–H groups in total. The summed E-state index contributed by atoms with van der Waals surface area (Å²) in [6, 6.07) is 0.0389. The number of aromatic nitrogens is 2. The largest absolute Gasteiger partial charge is 0.339 e. The van der Waals surface area contributed by atoms with Crippen molar-refractivity contribution < 1.29 is 8.42 Å². The maximum atomic E-state index is 12.0. The minimum absolute atomic E-state index is 0.0389. The molecule has 1 aromatic rings. The van der Waals surface area contributed by atoms with Gasteiger partial charge in [-0.3, -0.25) is 0 Å². The minimum atomic E-state index is -3.45. The van der Waals surface area contributed by atoms with Crippen molar-refractivity contribution in [3.05, 3.63) is 12.5 Å². The molecule has 0 saturated heterocycles. The molecule has 6 heteroatoms. The number of sulfonamides is 1. The van der Waals surface area contributed by atoms with Crippen LogP contribution < -0.4 is 4.72 Å². The van der Waals surface area contributed by atoms with Crippen LogP contribution in [-0.4, -0.2) is 24.0 Å². The molecule has 96 valence electrons. The number of imidazole rings is 1. The van der Waals surface area contributed by atoms with Gasteiger partial charge in [-0.1, -0.05) is 13.8 Å². The van der Waals surface area contributed by atoms with E-state index in [1.54, 1.807) is 11.6 Å². The number of hydrogen-bond donors (Lipinski definition) is 1. The number of rotatable bonds is 3. The minimum Gasteiger partial charge on any atom is -0.339 e. The summed E-state index contributed by atoms with van der Waals surface area (Å²) in [6.45, 7) is 4.34. The molecule has 1 fully saturated rings. The van der Waals surface area contributed by atoms with Crippen LogP contribution in [0.4, 0.5) is 0 Å². The van der Waals surface area contributed by atoms with Crippen molar-refractivity contribution in [2.75, 3.05) is 0 Å². The standard InChI is InChI=1S/C11H19N3O2S/c1-11(2)5-4-9(6-11)13-17(15,16)10-7-14(3)8-12-10/h7-9,13H,4-6H2,1-3H3. The summed E-state index contributed by atoms with van der Waals surface area (Å²) in [4.78, 5) is 3.88. The molecule has 0 amide bonds. The van der Waals surface area contributed by atoms with Gasteiger partial charge in [0.1, 0.15) is 0 Å². The summed E-state index contributed by atoms with van der Waals surface area (Å²) in [5.74, 6) is 0. The van der Waals surface area contributed by atoms with E-state index in [0.717, 1.165) is 19.3 Å². The summed E-state index contributed by atoms with van der Waals surface area (Å²) in [5.41, 5.74) is 0.233. The van der Waals surface area contributed by atoms with Crippen LogP contribution in [0.15, 0.2) is 17.6 Å². The topological polar surface area (TPSA) is 64.0 Å². The zero-order chi connectivity index (χ0) is 12.7. The van der Waals surface area contributed by atoms with Crippen LogP contribution in [0.5, 0.6) is 0 Å². The number of nitrogens with zero attached hydrogens (tertiary/aromatic N) is 2. The van der Waals surface area contributed by atoms with E-state index in [-0.39, 0.29) is 16.5 Å². The fraction of sp³-hybridized carbons (Fsp3) is 0.727. The van der Waals surface area contributed by atoms with Gasteiger partial charge in [0.05, 0.1) is 6.33 Å². The molecule has 1 atom stereocenters. The maximum Gasteiger partial charge on any atom is 0.259 e. The van der Waals surface area contributed by atoms with Gasteiger partial charge in [0.2, 0.25) is 0 Å². The number of nitrogens with one attached hydrogen (secondary N) is 1. The first kappa shape index (κ1) is 12.6. The molecule has 1 aromatic heterocycles. The van der Waals surface area contributed by atoms with Crippen LogP contribution in [0.25, 0.3) is 0 Å². The molecule has 0 spiro atoms. The van der Waals surface area contributed by atoms with Crippen molar-refractivity contribution in [2.24, 2.45) is 12.5 Å². The lowest BCUT2D eigenvalue weighted by Gasteiger charge is -2.17. The highest BCUT2D eigenvalue weighted by molar-refractivity contribution is 7.89. The second kappa shape index (κ2) is 4.10. The Hall–Kier alpha value is -0.880. The Balaban J connectivity index is 2.09. The lowest BCUT2D eigenvalue weighted by atomic mass is 9.92. The lowest BCUT2D eigenvalue weighted by Crippen LogP contribution is -2.33. The monoisotopic (exact) mass is 257 g/mol. The summed E-state index contributed by atoms with van der Waals surface area (Å²) in [5, 5.41) is 0.102. The van der Waals surface area contributed by atoms with E-state index < -0.39 is 10.0 Å². The summed E-state index contributed by atoms with van der Waals surface area (Å²) < 4.78 is 28.4. The van der Waals surface area contributed by atoms with E-state index in [0.29, 0.717) is 0 Å². The highest BCUT2D eigenvalue weighted by Crippen LogP contribution is 2.37. The van der Waals surface area contributed by atoms with Gasteiger partial charge in [0.15, 0.2) is 5.03 Å². The maximum absolute atomic E-state index is 12.0. The zero-order valence-corrected chi connectivity index (χ0v) is 11.3. The molecule has 0 radical (unpaired) electrons. The van der Waals surface area contributed by atoms with Crippen molar-refractivity contribution in [3.63, 3.8) is 0 Å². The number of hydrogen-bond acceptors (Lipinski definition) is 3. The molecule has 2 rings (SSSR count). The van der Waals surface area contributed by atoms with E-state index >= 15 is 0 Å². The molecule has 1 unspecified atom stereocenters. The van der Waals surface area contributed by atoms with Crippen LogP contribution in [0.1, 0.15) is 33.1 Å². The Morgan fingerprint density at radius 1 is 1.53 bits per heavy atom. The van der Waals surface area contributed by atoms with E-state index in [2.05, 4.69) is 23.6 Å². The van der Waals surface area contributed by atoms with Crippen LogP contribution in [0.2, 0.25) is 0 Å². The Kier molecular flexibility index (Phi) is 3.03. The third-order valence-electron chi connectivity index (χ3n) is 3.25. The van der Waals surface area contributed by atoms with Gasteiger partial charge in [-0.15, -0.1) is 0 Å². The normalized spacial score (nSPS) is 24.1. The molecule has 0 bridgehead atoms. The van der Waals surface area contributed by atoms with Crippen molar-refractivity contribution >= 4 is 10.0 Å². The van der Waals surface area contributed by atoms with Crippen LogP contribution in [-0.2, 0) is 17.1 Å².